The molecule has 2 N–H and O–H groups in total. The number of aryl methyl sites for hydroxylation is 1. The van der Waals surface area contributed by atoms with Crippen LogP contribution in [0.4, 0.5) is 5.69 Å². The van der Waals surface area contributed by atoms with Crippen LogP contribution in [0.25, 0.3) is 0 Å². The molecule has 1 heterocycles. The molecule has 1 saturated heterocycles. The molecule has 1 aromatic carbocycles. The molecular weight excluding hydrogens is 276 g/mol. The molecule has 1 fully saturated rings. The van der Waals surface area contributed by atoms with Gasteiger partial charge in [-0.25, -0.2) is 0 Å². The van der Waals surface area contributed by atoms with Crippen LogP contribution in [0.15, 0.2) is 22.7 Å². The summed E-state index contributed by atoms with van der Waals surface area (Å²) in [5.41, 5.74) is 8.28. The summed E-state index contributed by atoms with van der Waals surface area (Å²) in [7, 11) is 0. The van der Waals surface area contributed by atoms with Gasteiger partial charge < -0.3 is 10.6 Å². The molecule has 1 aliphatic rings. The average molecular weight is 297 g/mol. The summed E-state index contributed by atoms with van der Waals surface area (Å²) in [6, 6.07) is 6.75. The monoisotopic (exact) mass is 296 g/mol. The molecule has 0 radical (unpaired) electrons. The Balaban J connectivity index is 2.06. The highest BCUT2D eigenvalue weighted by molar-refractivity contribution is 9.10. The van der Waals surface area contributed by atoms with E-state index in [2.05, 4.69) is 39.0 Å². The second-order valence-corrected chi connectivity index (χ2v) is 5.57. The molecule has 1 aliphatic heterocycles. The smallest absolute Gasteiger partial charge is 0.0377 e. The largest absolute Gasteiger partial charge is 0.372 e. The maximum Gasteiger partial charge on any atom is 0.0377 e. The van der Waals surface area contributed by atoms with Gasteiger partial charge in [0.25, 0.3) is 0 Å². The molecule has 0 atom stereocenters. The first-order chi connectivity index (χ1) is 8.31. The molecule has 0 amide bonds. The summed E-state index contributed by atoms with van der Waals surface area (Å²) in [5.74, 6) is 0. The van der Waals surface area contributed by atoms with E-state index in [1.165, 1.54) is 48.1 Å². The maximum atomic E-state index is 5.55. The SMILES string of the molecule is NCCCc1ccc(N2CCCCC2)cc1Br. The van der Waals surface area contributed by atoms with Gasteiger partial charge in [-0.3, -0.25) is 0 Å². The van der Waals surface area contributed by atoms with Crippen LogP contribution in [0.5, 0.6) is 0 Å². The number of hydrogen-bond donors (Lipinski definition) is 1. The minimum atomic E-state index is 0.764. The fraction of sp³-hybridized carbons (Fsp3) is 0.571. The van der Waals surface area contributed by atoms with Crippen molar-refractivity contribution in [1.29, 1.82) is 0 Å². The predicted molar refractivity (Wildman–Crippen MR) is 77.6 cm³/mol. The molecule has 0 aliphatic carbocycles. The van der Waals surface area contributed by atoms with Gasteiger partial charge >= 0.3 is 0 Å². The van der Waals surface area contributed by atoms with Gasteiger partial charge in [0.1, 0.15) is 0 Å². The van der Waals surface area contributed by atoms with E-state index in [0.717, 1.165) is 19.4 Å². The van der Waals surface area contributed by atoms with Crippen molar-refractivity contribution in [2.45, 2.75) is 32.1 Å². The molecule has 0 unspecified atom stereocenters. The van der Waals surface area contributed by atoms with Gasteiger partial charge in [-0.15, -0.1) is 0 Å². The molecule has 17 heavy (non-hydrogen) atoms. The Bertz CT molecular complexity index is 359. The van der Waals surface area contributed by atoms with Gasteiger partial charge in [0.2, 0.25) is 0 Å². The van der Waals surface area contributed by atoms with E-state index >= 15 is 0 Å². The van der Waals surface area contributed by atoms with Crippen LogP contribution in [0, 0.1) is 0 Å². The lowest BCUT2D eigenvalue weighted by atomic mass is 10.1. The Labute approximate surface area is 112 Å². The first kappa shape index (κ1) is 12.9. The van der Waals surface area contributed by atoms with E-state index < -0.39 is 0 Å². The Morgan fingerprint density at radius 2 is 1.94 bits per heavy atom. The lowest BCUT2D eigenvalue weighted by Gasteiger charge is -2.29. The second-order valence-electron chi connectivity index (χ2n) is 4.72. The van der Waals surface area contributed by atoms with Crippen molar-refractivity contribution in [2.75, 3.05) is 24.5 Å². The van der Waals surface area contributed by atoms with Crippen LogP contribution in [-0.4, -0.2) is 19.6 Å². The molecule has 2 rings (SSSR count). The fourth-order valence-electron chi connectivity index (χ4n) is 2.38. The highest BCUT2D eigenvalue weighted by atomic mass is 79.9. The topological polar surface area (TPSA) is 29.3 Å². The third kappa shape index (κ3) is 3.46. The minimum Gasteiger partial charge on any atom is -0.372 e. The van der Waals surface area contributed by atoms with Crippen molar-refractivity contribution in [3.63, 3.8) is 0 Å². The van der Waals surface area contributed by atoms with Crippen molar-refractivity contribution < 1.29 is 0 Å². The van der Waals surface area contributed by atoms with Gasteiger partial charge in [0, 0.05) is 23.2 Å². The number of rotatable bonds is 4. The number of anilines is 1. The summed E-state index contributed by atoms with van der Waals surface area (Å²) in [5, 5.41) is 0. The molecule has 2 nitrogen and oxygen atoms in total. The van der Waals surface area contributed by atoms with Gasteiger partial charge in [0.05, 0.1) is 0 Å². The zero-order chi connectivity index (χ0) is 12.1. The lowest BCUT2D eigenvalue weighted by molar-refractivity contribution is 0.577. The van der Waals surface area contributed by atoms with Crippen LogP contribution < -0.4 is 10.6 Å². The van der Waals surface area contributed by atoms with Gasteiger partial charge in [-0.1, -0.05) is 22.0 Å². The van der Waals surface area contributed by atoms with E-state index in [1.54, 1.807) is 0 Å². The van der Waals surface area contributed by atoms with E-state index in [4.69, 9.17) is 5.73 Å². The highest BCUT2D eigenvalue weighted by Crippen LogP contribution is 2.27. The average Bonchev–Trinajstić information content (AvgIpc) is 2.38. The summed E-state index contributed by atoms with van der Waals surface area (Å²) in [6.45, 7) is 3.17. The van der Waals surface area contributed by atoms with E-state index in [9.17, 15) is 0 Å². The van der Waals surface area contributed by atoms with E-state index in [1.807, 2.05) is 0 Å². The number of hydrogen-bond acceptors (Lipinski definition) is 2. The zero-order valence-electron chi connectivity index (χ0n) is 10.3. The summed E-state index contributed by atoms with van der Waals surface area (Å²) in [4.78, 5) is 2.49. The van der Waals surface area contributed by atoms with Crippen LogP contribution in [0.1, 0.15) is 31.2 Å². The number of halogens is 1. The number of nitrogens with two attached hydrogens (primary N) is 1. The maximum absolute atomic E-state index is 5.55. The van der Waals surface area contributed by atoms with E-state index in [0.29, 0.717) is 0 Å². The Morgan fingerprint density at radius 3 is 2.59 bits per heavy atom. The van der Waals surface area contributed by atoms with Gasteiger partial charge in [-0.2, -0.15) is 0 Å². The second kappa shape index (κ2) is 6.41. The van der Waals surface area contributed by atoms with Crippen LogP contribution in [0.3, 0.4) is 0 Å². The van der Waals surface area contributed by atoms with Crippen molar-refractivity contribution in [3.8, 4) is 0 Å². The third-order valence-electron chi connectivity index (χ3n) is 3.41. The predicted octanol–water partition coefficient (Wildman–Crippen LogP) is 3.33. The zero-order valence-corrected chi connectivity index (χ0v) is 11.9. The minimum absolute atomic E-state index is 0.764. The van der Waals surface area contributed by atoms with Crippen LogP contribution >= 0.6 is 15.9 Å². The first-order valence-corrected chi connectivity index (χ1v) is 7.34. The standard InChI is InChI=1S/C14H21BrN2/c15-14-11-13(17-9-2-1-3-10-17)7-6-12(14)5-4-8-16/h6-7,11H,1-5,8-10,16H2. The highest BCUT2D eigenvalue weighted by Gasteiger charge is 2.11. The van der Waals surface area contributed by atoms with Crippen molar-refractivity contribution in [1.82, 2.24) is 0 Å². The molecule has 0 saturated carbocycles. The normalized spacial score (nSPS) is 16.2. The molecule has 0 bridgehead atoms. The third-order valence-corrected chi connectivity index (χ3v) is 4.15. The van der Waals surface area contributed by atoms with Crippen LogP contribution in [0.2, 0.25) is 0 Å². The van der Waals surface area contributed by atoms with Gasteiger partial charge in [0.15, 0.2) is 0 Å². The Morgan fingerprint density at radius 1 is 1.18 bits per heavy atom. The Kier molecular flexibility index (Phi) is 4.86. The number of benzene rings is 1. The molecule has 94 valence electrons. The van der Waals surface area contributed by atoms with Crippen molar-refractivity contribution in [2.24, 2.45) is 5.73 Å². The summed E-state index contributed by atoms with van der Waals surface area (Å²) in [6.07, 6.45) is 6.16. The lowest BCUT2D eigenvalue weighted by Crippen LogP contribution is -2.29. The quantitative estimate of drug-likeness (QED) is 0.923. The molecule has 1 aromatic rings. The number of nitrogens with zero attached hydrogens (tertiary/aromatic N) is 1. The molecule has 3 heteroatoms. The van der Waals surface area contributed by atoms with Crippen molar-refractivity contribution >= 4 is 21.6 Å². The summed E-state index contributed by atoms with van der Waals surface area (Å²) < 4.78 is 1.23. The van der Waals surface area contributed by atoms with E-state index in [-0.39, 0.29) is 0 Å². The fourth-order valence-corrected chi connectivity index (χ4v) is 2.95. The summed E-state index contributed by atoms with van der Waals surface area (Å²) >= 11 is 3.68. The molecule has 0 spiro atoms. The van der Waals surface area contributed by atoms with Gasteiger partial charge in [-0.05, 0) is 56.3 Å². The van der Waals surface area contributed by atoms with Crippen LogP contribution in [-0.2, 0) is 6.42 Å². The first-order valence-electron chi connectivity index (χ1n) is 6.54. The molecule has 0 aromatic heterocycles. The Hall–Kier alpha value is -0.540. The number of piperidine rings is 1. The van der Waals surface area contributed by atoms with Crippen molar-refractivity contribution in [3.05, 3.63) is 28.2 Å². The molecular formula is C14H21BrN2.